The number of hydrogen-bond acceptors (Lipinski definition) is 3. The average Bonchev–Trinajstić information content (AvgIpc) is 2.48. The molecular weight excluding hydrogens is 271 g/mol. The lowest BCUT2D eigenvalue weighted by Gasteiger charge is -2.34. The van der Waals surface area contributed by atoms with Gasteiger partial charge in [-0.3, -0.25) is 14.6 Å². The topological polar surface area (TPSA) is 50.3 Å². The zero-order valence-electron chi connectivity index (χ0n) is 11.4. The zero-order chi connectivity index (χ0) is 15.0. The Hall–Kier alpha value is -2.56. The first-order chi connectivity index (χ1) is 10.1. The van der Waals surface area contributed by atoms with Gasteiger partial charge in [-0.1, -0.05) is 0 Å². The van der Waals surface area contributed by atoms with Gasteiger partial charge in [-0.25, -0.2) is 4.39 Å². The number of aromatic nitrogens is 1. The van der Waals surface area contributed by atoms with Gasteiger partial charge in [-0.15, -0.1) is 0 Å². The van der Waals surface area contributed by atoms with Crippen LogP contribution in [0.25, 0.3) is 0 Å². The second kappa shape index (κ2) is 5.09. The molecule has 0 fully saturated rings. The molecule has 1 aliphatic heterocycles. The molecule has 1 amide bonds. The lowest BCUT2D eigenvalue weighted by Crippen LogP contribution is -2.44. The molecular formula is C16H13FN2O2. The number of benzene rings is 1. The number of amides is 1. The molecule has 5 heteroatoms. The molecule has 0 N–H and O–H groups in total. The molecule has 0 saturated heterocycles. The molecule has 106 valence electrons. The van der Waals surface area contributed by atoms with Gasteiger partial charge >= 0.3 is 0 Å². The van der Waals surface area contributed by atoms with E-state index in [0.29, 0.717) is 11.3 Å². The first-order valence-electron chi connectivity index (χ1n) is 6.64. The van der Waals surface area contributed by atoms with Crippen molar-refractivity contribution in [1.29, 1.82) is 0 Å². The predicted molar refractivity (Wildman–Crippen MR) is 75.9 cm³/mol. The van der Waals surface area contributed by atoms with Crippen LogP contribution in [0.4, 0.5) is 10.1 Å². The molecule has 3 rings (SSSR count). The lowest BCUT2D eigenvalue weighted by molar-refractivity contribution is 0.0936. The highest BCUT2D eigenvalue weighted by molar-refractivity contribution is 6.13. The van der Waals surface area contributed by atoms with Crippen molar-refractivity contribution in [3.05, 3.63) is 59.7 Å². The maximum Gasteiger partial charge on any atom is 0.260 e. The standard InChI is InChI=1S/C16H13FN2O2/c1-10-7-15(20)13-8-12(17)4-5-14(13)19(10)16(21)11-3-2-6-18-9-11/h2-6,8-10H,7H2,1H3. The Labute approximate surface area is 121 Å². The second-order valence-corrected chi connectivity index (χ2v) is 5.05. The molecule has 1 aromatic heterocycles. The molecule has 1 atom stereocenters. The van der Waals surface area contributed by atoms with Gasteiger partial charge in [0.25, 0.3) is 5.91 Å². The Kier molecular flexibility index (Phi) is 3.25. The fraction of sp³-hybridized carbons (Fsp3) is 0.188. The highest BCUT2D eigenvalue weighted by atomic mass is 19.1. The fourth-order valence-electron chi connectivity index (χ4n) is 2.59. The average molecular weight is 284 g/mol. The number of rotatable bonds is 1. The Morgan fingerprint density at radius 3 is 2.90 bits per heavy atom. The van der Waals surface area contributed by atoms with Crippen LogP contribution in [0.5, 0.6) is 0 Å². The van der Waals surface area contributed by atoms with Crippen LogP contribution in [-0.2, 0) is 0 Å². The third-order valence-electron chi connectivity index (χ3n) is 3.57. The maximum atomic E-state index is 13.4. The van der Waals surface area contributed by atoms with Crippen molar-refractivity contribution in [2.75, 3.05) is 4.90 Å². The summed E-state index contributed by atoms with van der Waals surface area (Å²) in [5, 5.41) is 0. The van der Waals surface area contributed by atoms with Gasteiger partial charge in [-0.05, 0) is 37.3 Å². The zero-order valence-corrected chi connectivity index (χ0v) is 11.4. The van der Waals surface area contributed by atoms with E-state index in [1.165, 1.54) is 29.3 Å². The number of nitrogens with zero attached hydrogens (tertiary/aromatic N) is 2. The molecule has 0 aliphatic carbocycles. The number of halogens is 1. The van der Waals surface area contributed by atoms with Gasteiger partial charge in [0.05, 0.1) is 11.3 Å². The Balaban J connectivity index is 2.09. The van der Waals surface area contributed by atoms with Crippen molar-refractivity contribution >= 4 is 17.4 Å². The normalized spacial score (nSPS) is 17.5. The summed E-state index contributed by atoms with van der Waals surface area (Å²) in [4.78, 5) is 30.2. The minimum atomic E-state index is -0.481. The summed E-state index contributed by atoms with van der Waals surface area (Å²) in [5.74, 6) is -0.867. The first kappa shape index (κ1) is 13.4. The summed E-state index contributed by atoms with van der Waals surface area (Å²) in [7, 11) is 0. The second-order valence-electron chi connectivity index (χ2n) is 5.05. The monoisotopic (exact) mass is 284 g/mol. The van der Waals surface area contributed by atoms with Crippen LogP contribution in [-0.4, -0.2) is 22.7 Å². The van der Waals surface area contributed by atoms with E-state index in [1.54, 1.807) is 25.3 Å². The van der Waals surface area contributed by atoms with Crippen molar-refractivity contribution in [3.63, 3.8) is 0 Å². The van der Waals surface area contributed by atoms with Crippen LogP contribution in [0, 0.1) is 5.82 Å². The summed E-state index contributed by atoms with van der Waals surface area (Å²) < 4.78 is 13.4. The molecule has 2 aromatic rings. The van der Waals surface area contributed by atoms with Crippen LogP contribution in [0.1, 0.15) is 34.1 Å². The fourth-order valence-corrected chi connectivity index (χ4v) is 2.59. The summed E-state index contributed by atoms with van der Waals surface area (Å²) >= 11 is 0. The molecule has 0 bridgehead atoms. The largest absolute Gasteiger partial charge is 0.304 e. The minimum Gasteiger partial charge on any atom is -0.304 e. The van der Waals surface area contributed by atoms with E-state index in [-0.39, 0.29) is 29.7 Å². The van der Waals surface area contributed by atoms with Gasteiger partial charge in [0, 0.05) is 30.4 Å². The predicted octanol–water partition coefficient (Wildman–Crippen LogP) is 2.84. The quantitative estimate of drug-likeness (QED) is 0.809. The number of ketones is 1. The van der Waals surface area contributed by atoms with Crippen molar-refractivity contribution in [3.8, 4) is 0 Å². The van der Waals surface area contributed by atoms with E-state index < -0.39 is 5.82 Å². The number of carbonyl (C=O) groups is 2. The van der Waals surface area contributed by atoms with Gasteiger partial charge in [0.15, 0.2) is 5.78 Å². The molecule has 0 radical (unpaired) electrons. The van der Waals surface area contributed by atoms with Crippen LogP contribution in [0.15, 0.2) is 42.7 Å². The summed E-state index contributed by atoms with van der Waals surface area (Å²) in [6, 6.07) is 7.00. The highest BCUT2D eigenvalue weighted by Crippen LogP contribution is 2.32. The van der Waals surface area contributed by atoms with E-state index in [1.807, 2.05) is 0 Å². The smallest absolute Gasteiger partial charge is 0.260 e. The Morgan fingerprint density at radius 1 is 1.38 bits per heavy atom. The molecule has 4 nitrogen and oxygen atoms in total. The van der Waals surface area contributed by atoms with Crippen LogP contribution < -0.4 is 4.90 Å². The van der Waals surface area contributed by atoms with E-state index >= 15 is 0 Å². The van der Waals surface area contributed by atoms with E-state index in [9.17, 15) is 14.0 Å². The van der Waals surface area contributed by atoms with Crippen LogP contribution in [0.3, 0.4) is 0 Å². The molecule has 0 saturated carbocycles. The van der Waals surface area contributed by atoms with Crippen LogP contribution >= 0.6 is 0 Å². The van der Waals surface area contributed by atoms with Crippen molar-refractivity contribution in [2.45, 2.75) is 19.4 Å². The van der Waals surface area contributed by atoms with E-state index in [4.69, 9.17) is 0 Å². The maximum absolute atomic E-state index is 13.4. The van der Waals surface area contributed by atoms with E-state index in [2.05, 4.69) is 4.98 Å². The summed E-state index contributed by atoms with van der Waals surface area (Å²) in [6.07, 6.45) is 3.25. The number of anilines is 1. The van der Waals surface area contributed by atoms with E-state index in [0.717, 1.165) is 0 Å². The molecule has 1 aromatic carbocycles. The first-order valence-corrected chi connectivity index (χ1v) is 6.64. The molecule has 21 heavy (non-hydrogen) atoms. The third kappa shape index (κ3) is 2.31. The molecule has 1 unspecified atom stereocenters. The van der Waals surface area contributed by atoms with Crippen molar-refractivity contribution in [1.82, 2.24) is 4.98 Å². The number of pyridine rings is 1. The van der Waals surface area contributed by atoms with Gasteiger partial charge in [0.1, 0.15) is 5.82 Å². The molecule has 2 heterocycles. The van der Waals surface area contributed by atoms with Gasteiger partial charge in [0.2, 0.25) is 0 Å². The number of fused-ring (bicyclic) bond motifs is 1. The third-order valence-corrected chi connectivity index (χ3v) is 3.57. The van der Waals surface area contributed by atoms with Crippen molar-refractivity contribution in [2.24, 2.45) is 0 Å². The highest BCUT2D eigenvalue weighted by Gasteiger charge is 2.33. The van der Waals surface area contributed by atoms with Gasteiger partial charge < -0.3 is 4.90 Å². The molecule has 1 aliphatic rings. The Bertz CT molecular complexity index is 715. The summed E-state index contributed by atoms with van der Waals surface area (Å²) in [5.41, 5.74) is 1.15. The minimum absolute atomic E-state index is 0.146. The Morgan fingerprint density at radius 2 is 2.19 bits per heavy atom. The SMILES string of the molecule is CC1CC(=O)c2cc(F)ccc2N1C(=O)c1cccnc1. The lowest BCUT2D eigenvalue weighted by atomic mass is 9.94. The number of carbonyl (C=O) groups excluding carboxylic acids is 2. The number of Topliss-reactive ketones (excluding diaryl/α,β-unsaturated/α-hetero) is 1. The van der Waals surface area contributed by atoms with Crippen LogP contribution in [0.2, 0.25) is 0 Å². The molecule has 0 spiro atoms. The van der Waals surface area contributed by atoms with Crippen molar-refractivity contribution < 1.29 is 14.0 Å². The summed E-state index contributed by atoms with van der Waals surface area (Å²) in [6.45, 7) is 1.80. The number of hydrogen-bond donors (Lipinski definition) is 0. The van der Waals surface area contributed by atoms with Gasteiger partial charge in [-0.2, -0.15) is 0 Å².